The molecule has 2 rings (SSSR count). The lowest BCUT2D eigenvalue weighted by molar-refractivity contribution is -0.384. The molecule has 0 aliphatic heterocycles. The summed E-state index contributed by atoms with van der Waals surface area (Å²) >= 11 is 0. The molecule has 0 aliphatic carbocycles. The summed E-state index contributed by atoms with van der Waals surface area (Å²) in [7, 11) is 0. The predicted molar refractivity (Wildman–Crippen MR) is 77.7 cm³/mol. The molecular formula is C14H18N4O3. The van der Waals surface area contributed by atoms with Crippen molar-refractivity contribution in [1.82, 2.24) is 15.5 Å². The molecule has 112 valence electrons. The fraction of sp³-hybridized carbons (Fsp3) is 0.429. The van der Waals surface area contributed by atoms with Crippen LogP contribution in [0, 0.1) is 17.0 Å². The van der Waals surface area contributed by atoms with E-state index in [4.69, 9.17) is 4.42 Å². The SMILES string of the molecule is Cc1ccc([N+](=O)[O-])cc1-c1nnc(CNC(C)(C)C)o1. The second kappa shape index (κ2) is 5.61. The highest BCUT2D eigenvalue weighted by atomic mass is 16.6. The number of aromatic nitrogens is 2. The van der Waals surface area contributed by atoms with Gasteiger partial charge in [0.15, 0.2) is 0 Å². The molecular weight excluding hydrogens is 272 g/mol. The molecule has 0 radical (unpaired) electrons. The van der Waals surface area contributed by atoms with Crippen molar-refractivity contribution in [2.45, 2.75) is 39.8 Å². The van der Waals surface area contributed by atoms with Crippen LogP contribution in [0.3, 0.4) is 0 Å². The summed E-state index contributed by atoms with van der Waals surface area (Å²) in [5.41, 5.74) is 1.37. The van der Waals surface area contributed by atoms with Crippen LogP contribution in [0.4, 0.5) is 5.69 Å². The Morgan fingerprint density at radius 1 is 1.33 bits per heavy atom. The smallest absolute Gasteiger partial charge is 0.270 e. The molecule has 1 heterocycles. The highest BCUT2D eigenvalue weighted by Crippen LogP contribution is 2.26. The van der Waals surface area contributed by atoms with Crippen molar-refractivity contribution < 1.29 is 9.34 Å². The average molecular weight is 290 g/mol. The number of benzene rings is 1. The van der Waals surface area contributed by atoms with Crippen LogP contribution in [0.15, 0.2) is 22.6 Å². The number of non-ortho nitro benzene ring substituents is 1. The summed E-state index contributed by atoms with van der Waals surface area (Å²) in [6.45, 7) is 8.40. The molecule has 0 saturated carbocycles. The maximum Gasteiger partial charge on any atom is 0.270 e. The van der Waals surface area contributed by atoms with E-state index in [1.807, 2.05) is 27.7 Å². The van der Waals surface area contributed by atoms with E-state index in [1.54, 1.807) is 6.07 Å². The number of aryl methyl sites for hydroxylation is 1. The van der Waals surface area contributed by atoms with E-state index in [2.05, 4.69) is 15.5 Å². The highest BCUT2D eigenvalue weighted by Gasteiger charge is 2.16. The second-order valence-electron chi connectivity index (χ2n) is 5.86. The summed E-state index contributed by atoms with van der Waals surface area (Å²) in [5.74, 6) is 0.743. The highest BCUT2D eigenvalue weighted by molar-refractivity contribution is 5.62. The van der Waals surface area contributed by atoms with Crippen LogP contribution >= 0.6 is 0 Å². The quantitative estimate of drug-likeness (QED) is 0.687. The maximum atomic E-state index is 10.8. The molecule has 21 heavy (non-hydrogen) atoms. The first kappa shape index (κ1) is 15.1. The van der Waals surface area contributed by atoms with Crippen LogP contribution in [0.25, 0.3) is 11.5 Å². The molecule has 0 amide bonds. The average Bonchev–Trinajstić information content (AvgIpc) is 2.84. The number of rotatable bonds is 4. The first-order valence-electron chi connectivity index (χ1n) is 6.59. The number of nitrogens with zero attached hydrogens (tertiary/aromatic N) is 3. The third kappa shape index (κ3) is 3.85. The molecule has 1 N–H and O–H groups in total. The largest absolute Gasteiger partial charge is 0.419 e. The number of nitro groups is 1. The van der Waals surface area contributed by atoms with E-state index < -0.39 is 4.92 Å². The molecule has 0 spiro atoms. The van der Waals surface area contributed by atoms with Gasteiger partial charge >= 0.3 is 0 Å². The van der Waals surface area contributed by atoms with Gasteiger partial charge in [-0.25, -0.2) is 0 Å². The van der Waals surface area contributed by atoms with E-state index in [0.29, 0.717) is 23.9 Å². The van der Waals surface area contributed by atoms with Crippen LogP contribution < -0.4 is 5.32 Å². The molecule has 7 nitrogen and oxygen atoms in total. The van der Waals surface area contributed by atoms with Crippen molar-refractivity contribution in [3.63, 3.8) is 0 Å². The number of nitro benzene ring substituents is 1. The fourth-order valence-electron chi connectivity index (χ4n) is 1.73. The van der Waals surface area contributed by atoms with Crippen molar-refractivity contribution in [2.75, 3.05) is 0 Å². The minimum Gasteiger partial charge on any atom is -0.419 e. The molecule has 1 aromatic heterocycles. The number of nitrogens with one attached hydrogen (secondary N) is 1. The van der Waals surface area contributed by atoms with Gasteiger partial charge in [0.2, 0.25) is 11.8 Å². The van der Waals surface area contributed by atoms with Gasteiger partial charge < -0.3 is 9.73 Å². The van der Waals surface area contributed by atoms with Gasteiger partial charge in [0.05, 0.1) is 11.5 Å². The van der Waals surface area contributed by atoms with Crippen molar-refractivity contribution in [2.24, 2.45) is 0 Å². The molecule has 0 bridgehead atoms. The fourth-order valence-corrected chi connectivity index (χ4v) is 1.73. The maximum absolute atomic E-state index is 10.8. The van der Waals surface area contributed by atoms with E-state index >= 15 is 0 Å². The monoisotopic (exact) mass is 290 g/mol. The zero-order valence-electron chi connectivity index (χ0n) is 12.5. The summed E-state index contributed by atoms with van der Waals surface area (Å²) in [4.78, 5) is 10.4. The molecule has 0 fully saturated rings. The van der Waals surface area contributed by atoms with E-state index in [1.165, 1.54) is 12.1 Å². The van der Waals surface area contributed by atoms with Gasteiger partial charge in [0.25, 0.3) is 5.69 Å². The van der Waals surface area contributed by atoms with Crippen LogP contribution in [-0.4, -0.2) is 20.7 Å². The van der Waals surface area contributed by atoms with Gasteiger partial charge in [-0.15, -0.1) is 10.2 Å². The Morgan fingerprint density at radius 3 is 2.67 bits per heavy atom. The number of hydrogen-bond acceptors (Lipinski definition) is 6. The lowest BCUT2D eigenvalue weighted by atomic mass is 10.1. The van der Waals surface area contributed by atoms with Crippen LogP contribution in [0.5, 0.6) is 0 Å². The van der Waals surface area contributed by atoms with Crippen molar-refractivity contribution in [3.05, 3.63) is 39.8 Å². The van der Waals surface area contributed by atoms with Crippen molar-refractivity contribution in [3.8, 4) is 11.5 Å². The third-order valence-corrected chi connectivity index (χ3v) is 2.90. The Labute approximate surface area is 122 Å². The second-order valence-corrected chi connectivity index (χ2v) is 5.86. The standard InChI is InChI=1S/C14H18N4O3/c1-9-5-6-10(18(19)20)7-11(9)13-17-16-12(21-13)8-15-14(2,3)4/h5-7,15H,8H2,1-4H3. The minimum absolute atomic E-state index is 0.00293. The van der Waals surface area contributed by atoms with E-state index in [0.717, 1.165) is 5.56 Å². The van der Waals surface area contributed by atoms with Gasteiger partial charge in [-0.1, -0.05) is 6.07 Å². The van der Waals surface area contributed by atoms with Crippen molar-refractivity contribution in [1.29, 1.82) is 0 Å². The summed E-state index contributed by atoms with van der Waals surface area (Å²) < 4.78 is 5.57. The lowest BCUT2D eigenvalue weighted by Crippen LogP contribution is -2.35. The van der Waals surface area contributed by atoms with Gasteiger partial charge in [-0.3, -0.25) is 10.1 Å². The molecule has 0 atom stereocenters. The van der Waals surface area contributed by atoms with Gasteiger partial charge in [0.1, 0.15) is 0 Å². The number of hydrogen-bond donors (Lipinski definition) is 1. The first-order chi connectivity index (χ1) is 9.76. The minimum atomic E-state index is -0.443. The predicted octanol–water partition coefficient (Wildman–Crippen LogP) is 2.84. The van der Waals surface area contributed by atoms with Crippen molar-refractivity contribution >= 4 is 5.69 Å². The lowest BCUT2D eigenvalue weighted by Gasteiger charge is -2.18. The normalized spacial score (nSPS) is 11.6. The topological polar surface area (TPSA) is 94.1 Å². The zero-order chi connectivity index (χ0) is 15.6. The summed E-state index contributed by atoms with van der Waals surface area (Å²) in [5, 5.41) is 22.0. The van der Waals surface area contributed by atoms with Crippen LogP contribution in [-0.2, 0) is 6.54 Å². The van der Waals surface area contributed by atoms with Gasteiger partial charge in [-0.05, 0) is 33.3 Å². The molecule has 0 saturated heterocycles. The Hall–Kier alpha value is -2.28. The Bertz CT molecular complexity index is 658. The summed E-state index contributed by atoms with van der Waals surface area (Å²) in [6.07, 6.45) is 0. The molecule has 1 aromatic carbocycles. The third-order valence-electron chi connectivity index (χ3n) is 2.90. The summed E-state index contributed by atoms with van der Waals surface area (Å²) in [6, 6.07) is 4.58. The van der Waals surface area contributed by atoms with E-state index in [-0.39, 0.29) is 11.2 Å². The zero-order valence-corrected chi connectivity index (χ0v) is 12.5. The van der Waals surface area contributed by atoms with Gasteiger partial charge in [0, 0.05) is 23.2 Å². The molecule has 7 heteroatoms. The van der Waals surface area contributed by atoms with Gasteiger partial charge in [-0.2, -0.15) is 0 Å². The van der Waals surface area contributed by atoms with Crippen LogP contribution in [0.2, 0.25) is 0 Å². The van der Waals surface area contributed by atoms with Crippen LogP contribution in [0.1, 0.15) is 32.2 Å². The van der Waals surface area contributed by atoms with E-state index in [9.17, 15) is 10.1 Å². The Balaban J connectivity index is 2.25. The molecule has 0 aliphatic rings. The first-order valence-corrected chi connectivity index (χ1v) is 6.59. The molecule has 2 aromatic rings. The Morgan fingerprint density at radius 2 is 2.05 bits per heavy atom. The molecule has 0 unspecified atom stereocenters. The Kier molecular flexibility index (Phi) is 4.04.